The third-order valence-corrected chi connectivity index (χ3v) is 6.52. The van der Waals surface area contributed by atoms with Crippen LogP contribution in [0.4, 0.5) is 5.95 Å². The number of benzene rings is 2. The first-order chi connectivity index (χ1) is 16.1. The van der Waals surface area contributed by atoms with Crippen LogP contribution in [0.25, 0.3) is 5.70 Å². The van der Waals surface area contributed by atoms with Gasteiger partial charge in [-0.05, 0) is 46.9 Å². The number of fused-ring (bicyclic) bond motifs is 3. The van der Waals surface area contributed by atoms with E-state index in [1.165, 1.54) is 5.56 Å². The number of ether oxygens (including phenoxy) is 1. The minimum absolute atomic E-state index is 0.227. The highest BCUT2D eigenvalue weighted by atomic mass is 35.5. The highest BCUT2D eigenvalue weighted by Crippen LogP contribution is 2.50. The molecule has 2 aliphatic rings. The molecule has 0 bridgehead atoms. The molecular weight excluding hydrogens is 434 g/mol. The molecule has 7 heteroatoms. The Morgan fingerprint density at radius 1 is 1.06 bits per heavy atom. The average Bonchev–Trinajstić information content (AvgIpc) is 3.31. The molecule has 0 unspecified atom stereocenters. The molecule has 0 radical (unpaired) electrons. The molecule has 2 aliphatic heterocycles. The highest BCUT2D eigenvalue weighted by molar-refractivity contribution is 6.30. The zero-order chi connectivity index (χ0) is 22.5. The number of pyridine rings is 1. The van der Waals surface area contributed by atoms with Gasteiger partial charge in [0.15, 0.2) is 0 Å². The van der Waals surface area contributed by atoms with Crippen LogP contribution in [0.15, 0.2) is 78.9 Å². The Labute approximate surface area is 196 Å². The molecule has 1 N–H and O–H groups in total. The van der Waals surface area contributed by atoms with Crippen LogP contribution < -0.4 is 10.1 Å². The van der Waals surface area contributed by atoms with Crippen LogP contribution in [0.2, 0.25) is 5.02 Å². The maximum Gasteiger partial charge on any atom is 0.226 e. The zero-order valence-corrected chi connectivity index (χ0v) is 19.0. The van der Waals surface area contributed by atoms with E-state index in [1.54, 1.807) is 12.5 Å². The lowest BCUT2D eigenvalue weighted by Crippen LogP contribution is -2.32. The Kier molecular flexibility index (Phi) is 4.69. The van der Waals surface area contributed by atoms with Crippen molar-refractivity contribution in [2.75, 3.05) is 5.32 Å². The number of anilines is 1. The summed E-state index contributed by atoms with van der Waals surface area (Å²) in [6, 6.07) is 18.2. The van der Waals surface area contributed by atoms with Crippen LogP contribution in [0.5, 0.6) is 5.75 Å². The summed E-state index contributed by atoms with van der Waals surface area (Å²) in [5.74, 6) is 1.91. The van der Waals surface area contributed by atoms with Gasteiger partial charge in [0.25, 0.3) is 0 Å². The van der Waals surface area contributed by atoms with Gasteiger partial charge in [-0.2, -0.15) is 10.1 Å². The summed E-state index contributed by atoms with van der Waals surface area (Å²) in [6.45, 7) is 4.39. The van der Waals surface area contributed by atoms with Gasteiger partial charge < -0.3 is 10.1 Å². The van der Waals surface area contributed by atoms with Crippen molar-refractivity contribution < 1.29 is 4.74 Å². The molecule has 0 amide bonds. The van der Waals surface area contributed by atoms with Crippen LogP contribution in [-0.2, 0) is 0 Å². The van der Waals surface area contributed by atoms with E-state index in [0.717, 1.165) is 33.7 Å². The van der Waals surface area contributed by atoms with Gasteiger partial charge in [-0.15, -0.1) is 0 Å². The maximum absolute atomic E-state index is 6.65. The Morgan fingerprint density at radius 3 is 2.67 bits per heavy atom. The Morgan fingerprint density at radius 2 is 1.91 bits per heavy atom. The third-order valence-electron chi connectivity index (χ3n) is 6.28. The summed E-state index contributed by atoms with van der Waals surface area (Å²) in [6.07, 6.45) is 4.90. The SMILES string of the molecule is CC(C)c1ccc([C@H]2Oc3ccc(Cl)cc3C3=C2[C@H](c2cccnc2)n2ncnc2N3)cc1. The van der Waals surface area contributed by atoms with Gasteiger partial charge >= 0.3 is 0 Å². The Hall–Kier alpha value is -3.64. The van der Waals surface area contributed by atoms with E-state index in [2.05, 4.69) is 64.6 Å². The molecule has 0 spiro atoms. The molecule has 0 fully saturated rings. The number of halogens is 1. The van der Waals surface area contributed by atoms with Gasteiger partial charge in [-0.3, -0.25) is 4.98 Å². The average molecular weight is 456 g/mol. The van der Waals surface area contributed by atoms with E-state index in [1.807, 2.05) is 35.1 Å². The fourth-order valence-electron chi connectivity index (χ4n) is 4.63. The first kappa shape index (κ1) is 20.0. The fourth-order valence-corrected chi connectivity index (χ4v) is 4.80. The normalized spacial score (nSPS) is 18.8. The molecule has 4 aromatic rings. The van der Waals surface area contributed by atoms with E-state index in [9.17, 15) is 0 Å². The monoisotopic (exact) mass is 455 g/mol. The van der Waals surface area contributed by atoms with Crippen molar-refractivity contribution in [3.05, 3.63) is 106 Å². The molecule has 0 aliphatic carbocycles. The smallest absolute Gasteiger partial charge is 0.226 e. The van der Waals surface area contributed by atoms with Crippen LogP contribution in [-0.4, -0.2) is 19.7 Å². The quantitative estimate of drug-likeness (QED) is 0.410. The molecule has 2 aromatic carbocycles. The van der Waals surface area contributed by atoms with Gasteiger partial charge in [0.2, 0.25) is 5.95 Å². The lowest BCUT2D eigenvalue weighted by Gasteiger charge is -2.39. The number of hydrogen-bond donors (Lipinski definition) is 1. The minimum atomic E-state index is -0.315. The number of hydrogen-bond acceptors (Lipinski definition) is 5. The topological polar surface area (TPSA) is 64.9 Å². The predicted molar refractivity (Wildman–Crippen MR) is 128 cm³/mol. The first-order valence-electron chi connectivity index (χ1n) is 11.0. The Bertz CT molecular complexity index is 1360. The maximum atomic E-state index is 6.65. The van der Waals surface area contributed by atoms with Gasteiger partial charge in [-0.25, -0.2) is 4.68 Å². The number of aromatic nitrogens is 4. The molecule has 6 rings (SSSR count). The summed E-state index contributed by atoms with van der Waals surface area (Å²) in [5, 5.41) is 8.69. The van der Waals surface area contributed by atoms with Crippen LogP contribution in [0.3, 0.4) is 0 Å². The second-order valence-corrected chi connectivity index (χ2v) is 9.07. The molecular formula is C26H22ClN5O. The zero-order valence-electron chi connectivity index (χ0n) is 18.2. The van der Waals surface area contributed by atoms with Crippen molar-refractivity contribution >= 4 is 23.2 Å². The second-order valence-electron chi connectivity index (χ2n) is 8.63. The van der Waals surface area contributed by atoms with Crippen LogP contribution >= 0.6 is 11.6 Å². The minimum Gasteiger partial charge on any atom is -0.480 e. The van der Waals surface area contributed by atoms with Gasteiger partial charge in [0, 0.05) is 28.6 Å². The summed E-state index contributed by atoms with van der Waals surface area (Å²) in [7, 11) is 0. The van der Waals surface area contributed by atoms with Crippen molar-refractivity contribution in [1.82, 2.24) is 19.7 Å². The molecule has 164 valence electrons. The van der Waals surface area contributed by atoms with Crippen molar-refractivity contribution in [2.24, 2.45) is 0 Å². The van der Waals surface area contributed by atoms with Crippen molar-refractivity contribution in [1.29, 1.82) is 0 Å². The van der Waals surface area contributed by atoms with E-state index in [0.29, 0.717) is 16.9 Å². The van der Waals surface area contributed by atoms with Gasteiger partial charge in [0.05, 0.1) is 5.70 Å². The van der Waals surface area contributed by atoms with Gasteiger partial charge in [-0.1, -0.05) is 55.8 Å². The summed E-state index contributed by atoms with van der Waals surface area (Å²) >= 11 is 6.39. The van der Waals surface area contributed by atoms with E-state index >= 15 is 0 Å². The van der Waals surface area contributed by atoms with E-state index in [4.69, 9.17) is 16.3 Å². The number of rotatable bonds is 3. The van der Waals surface area contributed by atoms with Gasteiger partial charge in [0.1, 0.15) is 24.2 Å². The number of nitrogens with zero attached hydrogens (tertiary/aromatic N) is 4. The fraction of sp³-hybridized carbons (Fsp3) is 0.192. The summed E-state index contributed by atoms with van der Waals surface area (Å²) in [4.78, 5) is 8.84. The second kappa shape index (κ2) is 7.74. The van der Waals surface area contributed by atoms with Crippen molar-refractivity contribution in [3.63, 3.8) is 0 Å². The summed E-state index contributed by atoms with van der Waals surface area (Å²) in [5.41, 5.74) is 6.29. The van der Waals surface area contributed by atoms with E-state index in [-0.39, 0.29) is 12.1 Å². The molecule has 4 heterocycles. The third kappa shape index (κ3) is 3.29. The van der Waals surface area contributed by atoms with Crippen molar-refractivity contribution in [2.45, 2.75) is 31.9 Å². The Balaban J connectivity index is 1.59. The highest BCUT2D eigenvalue weighted by Gasteiger charge is 2.41. The predicted octanol–water partition coefficient (Wildman–Crippen LogP) is 6.01. The molecule has 2 aromatic heterocycles. The molecule has 0 saturated heterocycles. The standard InChI is InChI=1S/C26H22ClN5O/c1-15(2)16-5-7-17(8-6-16)25-22-23(20-12-19(27)9-10-21(20)33-25)31-26-29-14-30-32(26)24(22)18-4-3-11-28-13-18/h3-15,24-25H,1-2H3,(H,29,30,31)/t24-,25+/m0/s1. The van der Waals surface area contributed by atoms with Crippen LogP contribution in [0, 0.1) is 0 Å². The number of nitrogens with one attached hydrogen (secondary N) is 1. The summed E-state index contributed by atoms with van der Waals surface area (Å²) < 4.78 is 8.54. The molecule has 2 atom stereocenters. The molecule has 33 heavy (non-hydrogen) atoms. The van der Waals surface area contributed by atoms with Crippen molar-refractivity contribution in [3.8, 4) is 5.75 Å². The van der Waals surface area contributed by atoms with Crippen LogP contribution in [0.1, 0.15) is 54.2 Å². The van der Waals surface area contributed by atoms with E-state index < -0.39 is 0 Å². The largest absolute Gasteiger partial charge is 0.480 e. The first-order valence-corrected chi connectivity index (χ1v) is 11.3. The lowest BCUT2D eigenvalue weighted by molar-refractivity contribution is 0.223. The molecule has 0 saturated carbocycles. The lowest BCUT2D eigenvalue weighted by atomic mass is 9.84. The molecule has 6 nitrogen and oxygen atoms in total.